The molecule has 0 aromatic heterocycles. The summed E-state index contributed by atoms with van der Waals surface area (Å²) >= 11 is 5.72. The van der Waals surface area contributed by atoms with Crippen LogP contribution in [-0.4, -0.2) is 24.0 Å². The molecule has 5 heteroatoms. The molecule has 0 fully saturated rings. The van der Waals surface area contributed by atoms with Crippen LogP contribution >= 0.6 is 11.6 Å². The van der Waals surface area contributed by atoms with Gasteiger partial charge in [-0.25, -0.2) is 0 Å². The van der Waals surface area contributed by atoms with Gasteiger partial charge < -0.3 is 0 Å². The lowest BCUT2D eigenvalue weighted by atomic mass is 10.2. The fourth-order valence-electron chi connectivity index (χ4n) is 1.09. The van der Waals surface area contributed by atoms with Crippen molar-refractivity contribution in [2.75, 3.05) is 7.11 Å². The molecule has 0 unspecified atom stereocenters. The summed E-state index contributed by atoms with van der Waals surface area (Å²) in [6, 6.07) is 6.30. The quantitative estimate of drug-likeness (QED) is 0.725. The van der Waals surface area contributed by atoms with E-state index in [4.69, 9.17) is 11.6 Å². The van der Waals surface area contributed by atoms with E-state index in [-0.39, 0.29) is 0 Å². The van der Waals surface area contributed by atoms with Gasteiger partial charge in [0.25, 0.3) is 11.8 Å². The van der Waals surface area contributed by atoms with Crippen LogP contribution in [0.1, 0.15) is 17.3 Å². The number of rotatable bonds is 2. The van der Waals surface area contributed by atoms with Gasteiger partial charge in [-0.3, -0.25) is 14.4 Å². The molecule has 0 N–H and O–H groups in total. The monoisotopic (exact) mass is 227 g/mol. The fourth-order valence-corrected chi connectivity index (χ4v) is 1.28. The Morgan fingerprint density at radius 3 is 2.53 bits per heavy atom. The number of hydrogen-bond acceptors (Lipinski definition) is 3. The summed E-state index contributed by atoms with van der Waals surface area (Å²) in [4.78, 5) is 27.4. The van der Waals surface area contributed by atoms with Crippen LogP contribution in [0.3, 0.4) is 0 Å². The van der Waals surface area contributed by atoms with E-state index in [1.807, 2.05) is 0 Å². The summed E-state index contributed by atoms with van der Waals surface area (Å²) in [5.41, 5.74) is 0.305. The zero-order valence-corrected chi connectivity index (χ0v) is 9.12. The molecule has 0 aliphatic heterocycles. The van der Waals surface area contributed by atoms with Crippen LogP contribution in [0.15, 0.2) is 24.3 Å². The largest absolute Gasteiger partial charge is 0.284 e. The normalized spacial score (nSPS) is 9.80. The molecule has 0 aliphatic rings. The van der Waals surface area contributed by atoms with Gasteiger partial charge in [0.1, 0.15) is 0 Å². The number of nitrogens with zero attached hydrogens (tertiary/aromatic N) is 1. The first-order valence-electron chi connectivity index (χ1n) is 4.21. The maximum atomic E-state index is 11.7. The number of hydrogen-bond donors (Lipinski definition) is 0. The van der Waals surface area contributed by atoms with Gasteiger partial charge in [-0.1, -0.05) is 17.7 Å². The third kappa shape index (κ3) is 2.78. The van der Waals surface area contributed by atoms with Crippen molar-refractivity contribution in [1.29, 1.82) is 0 Å². The molecule has 0 saturated heterocycles. The summed E-state index contributed by atoms with van der Waals surface area (Å²) in [7, 11) is 1.25. The van der Waals surface area contributed by atoms with E-state index in [2.05, 4.69) is 4.84 Å². The minimum absolute atomic E-state index is 0.305. The smallest absolute Gasteiger partial charge is 0.272 e. The van der Waals surface area contributed by atoms with Crippen LogP contribution < -0.4 is 0 Å². The summed E-state index contributed by atoms with van der Waals surface area (Å²) in [6.45, 7) is 1.24. The van der Waals surface area contributed by atoms with E-state index in [0.29, 0.717) is 15.6 Å². The van der Waals surface area contributed by atoms with Crippen molar-refractivity contribution in [1.82, 2.24) is 5.06 Å². The van der Waals surface area contributed by atoms with Gasteiger partial charge in [0.2, 0.25) is 0 Å². The molecular weight excluding hydrogens is 218 g/mol. The first-order valence-corrected chi connectivity index (χ1v) is 4.58. The van der Waals surface area contributed by atoms with Crippen molar-refractivity contribution in [2.24, 2.45) is 0 Å². The van der Waals surface area contributed by atoms with Crippen molar-refractivity contribution in [3.63, 3.8) is 0 Å². The van der Waals surface area contributed by atoms with Crippen molar-refractivity contribution < 1.29 is 14.4 Å². The molecule has 2 amide bonds. The second-order valence-corrected chi connectivity index (χ2v) is 3.25. The van der Waals surface area contributed by atoms with Crippen molar-refractivity contribution in [3.05, 3.63) is 34.9 Å². The molecule has 80 valence electrons. The maximum absolute atomic E-state index is 11.7. The van der Waals surface area contributed by atoms with Crippen molar-refractivity contribution in [2.45, 2.75) is 6.92 Å². The molecule has 0 spiro atoms. The highest BCUT2D eigenvalue weighted by Gasteiger charge is 2.19. The predicted molar refractivity (Wildman–Crippen MR) is 55.3 cm³/mol. The number of carbonyl (C=O) groups excluding carboxylic acids is 2. The molecule has 0 atom stereocenters. The minimum atomic E-state index is -0.535. The summed E-state index contributed by atoms with van der Waals surface area (Å²) < 4.78 is 0. The molecular formula is C10H10ClNO3. The average molecular weight is 228 g/mol. The first kappa shape index (κ1) is 11.7. The molecule has 0 aliphatic carbocycles. The Labute approximate surface area is 92.3 Å². The lowest BCUT2D eigenvalue weighted by molar-refractivity contribution is -0.159. The van der Waals surface area contributed by atoms with E-state index >= 15 is 0 Å². The van der Waals surface area contributed by atoms with E-state index < -0.39 is 11.8 Å². The Bertz CT molecular complexity index is 392. The van der Waals surface area contributed by atoms with Crippen LogP contribution in [-0.2, 0) is 9.63 Å². The highest BCUT2D eigenvalue weighted by molar-refractivity contribution is 6.31. The molecule has 0 saturated carbocycles. The zero-order valence-electron chi connectivity index (χ0n) is 8.36. The number of halogens is 1. The second kappa shape index (κ2) is 4.91. The molecule has 1 aromatic carbocycles. The molecule has 0 heterocycles. The number of imide groups is 1. The van der Waals surface area contributed by atoms with E-state index in [9.17, 15) is 9.59 Å². The van der Waals surface area contributed by atoms with Gasteiger partial charge in [-0.2, -0.15) is 0 Å². The minimum Gasteiger partial charge on any atom is -0.272 e. The summed E-state index contributed by atoms with van der Waals surface area (Å²) in [5, 5.41) is 1.10. The van der Waals surface area contributed by atoms with Gasteiger partial charge in [0, 0.05) is 17.5 Å². The molecule has 15 heavy (non-hydrogen) atoms. The maximum Gasteiger partial charge on any atom is 0.284 e. The molecule has 1 aromatic rings. The van der Waals surface area contributed by atoms with E-state index in [0.717, 1.165) is 0 Å². The lowest BCUT2D eigenvalue weighted by Crippen LogP contribution is -2.34. The van der Waals surface area contributed by atoms with E-state index in [1.165, 1.54) is 20.1 Å². The SMILES string of the molecule is CON(C(C)=O)C(=O)c1cccc(Cl)c1. The number of benzene rings is 1. The first-order chi connectivity index (χ1) is 7.06. The Kier molecular flexibility index (Phi) is 3.82. The van der Waals surface area contributed by atoms with Gasteiger partial charge >= 0.3 is 0 Å². The summed E-state index contributed by atoms with van der Waals surface area (Å²) in [5.74, 6) is -1.02. The van der Waals surface area contributed by atoms with Gasteiger partial charge in [-0.05, 0) is 18.2 Å². The Morgan fingerprint density at radius 2 is 2.07 bits per heavy atom. The third-order valence-corrected chi connectivity index (χ3v) is 1.96. The van der Waals surface area contributed by atoms with Crippen LogP contribution in [0.4, 0.5) is 0 Å². The Balaban J connectivity index is 2.98. The third-order valence-electron chi connectivity index (χ3n) is 1.72. The molecule has 4 nitrogen and oxygen atoms in total. The van der Waals surface area contributed by atoms with Crippen LogP contribution in [0.5, 0.6) is 0 Å². The number of hydroxylamine groups is 2. The van der Waals surface area contributed by atoms with Crippen molar-refractivity contribution in [3.8, 4) is 0 Å². The Hall–Kier alpha value is -1.39. The van der Waals surface area contributed by atoms with Gasteiger partial charge in [0.05, 0.1) is 7.11 Å². The topological polar surface area (TPSA) is 46.6 Å². The highest BCUT2D eigenvalue weighted by Crippen LogP contribution is 2.12. The van der Waals surface area contributed by atoms with E-state index in [1.54, 1.807) is 18.2 Å². The summed E-state index contributed by atoms with van der Waals surface area (Å²) in [6.07, 6.45) is 0. The van der Waals surface area contributed by atoms with Crippen LogP contribution in [0, 0.1) is 0 Å². The molecule has 0 bridgehead atoms. The van der Waals surface area contributed by atoms with Gasteiger partial charge in [0.15, 0.2) is 0 Å². The number of amides is 2. The zero-order chi connectivity index (χ0) is 11.4. The Morgan fingerprint density at radius 1 is 1.40 bits per heavy atom. The average Bonchev–Trinajstić information content (AvgIpc) is 2.18. The molecule has 1 rings (SSSR count). The second-order valence-electron chi connectivity index (χ2n) is 2.81. The van der Waals surface area contributed by atoms with Crippen molar-refractivity contribution >= 4 is 23.4 Å². The van der Waals surface area contributed by atoms with Crippen LogP contribution in [0.2, 0.25) is 5.02 Å². The predicted octanol–water partition coefficient (Wildman–Crippen LogP) is 1.89. The fraction of sp³-hybridized carbons (Fsp3) is 0.200. The van der Waals surface area contributed by atoms with Crippen LogP contribution in [0.25, 0.3) is 0 Å². The lowest BCUT2D eigenvalue weighted by Gasteiger charge is -2.15. The molecule has 0 radical (unpaired) electrons. The standard InChI is InChI=1S/C10H10ClNO3/c1-7(13)12(15-2)10(14)8-4-3-5-9(11)6-8/h3-6H,1-2H3. The number of carbonyl (C=O) groups is 2. The van der Waals surface area contributed by atoms with Gasteiger partial charge in [-0.15, -0.1) is 5.06 Å². The highest BCUT2D eigenvalue weighted by atomic mass is 35.5.